The molecule has 1 aromatic carbocycles. The van der Waals surface area contributed by atoms with Crippen molar-refractivity contribution in [3.63, 3.8) is 0 Å². The van der Waals surface area contributed by atoms with Crippen molar-refractivity contribution in [2.24, 2.45) is 0 Å². The van der Waals surface area contributed by atoms with Crippen LogP contribution in [0.5, 0.6) is 5.75 Å². The molecular formula is C20H26N4O4. The zero-order valence-corrected chi connectivity index (χ0v) is 16.2. The first-order valence-corrected chi connectivity index (χ1v) is 9.47. The zero-order valence-electron chi connectivity index (χ0n) is 16.2. The van der Waals surface area contributed by atoms with Crippen molar-refractivity contribution in [2.45, 2.75) is 25.8 Å². The standard InChI is InChI=1S/C20H26N4O4/c1-3-22(14-18(25)26)15-9-11-23(12-10-15)20(27)19-17(28-2)13-24(21-19)16-7-5-4-6-8-16/h4-8,13,15H,3,9-12,14H2,1-2H3,(H,25,26). The molecule has 1 N–H and O–H groups in total. The number of hydrogen-bond acceptors (Lipinski definition) is 5. The molecule has 150 valence electrons. The minimum Gasteiger partial charge on any atom is -0.493 e. The maximum Gasteiger partial charge on any atom is 0.317 e. The summed E-state index contributed by atoms with van der Waals surface area (Å²) in [5.41, 5.74) is 1.15. The number of aliphatic carboxylic acids is 1. The molecule has 3 rings (SSSR count). The van der Waals surface area contributed by atoms with E-state index in [0.717, 1.165) is 18.5 Å². The maximum atomic E-state index is 13.0. The molecule has 2 aromatic rings. The van der Waals surface area contributed by atoms with E-state index in [1.807, 2.05) is 42.2 Å². The van der Waals surface area contributed by atoms with Crippen LogP contribution in [0.4, 0.5) is 0 Å². The van der Waals surface area contributed by atoms with E-state index in [9.17, 15) is 9.59 Å². The molecule has 1 fully saturated rings. The summed E-state index contributed by atoms with van der Waals surface area (Å²) in [5.74, 6) is -0.542. The fraction of sp³-hybridized carbons (Fsp3) is 0.450. The number of rotatable bonds is 7. The van der Waals surface area contributed by atoms with Gasteiger partial charge in [-0.1, -0.05) is 25.1 Å². The van der Waals surface area contributed by atoms with Gasteiger partial charge in [0.2, 0.25) is 0 Å². The number of nitrogens with zero attached hydrogens (tertiary/aromatic N) is 4. The number of amides is 1. The molecule has 0 radical (unpaired) electrons. The number of carbonyl (C=O) groups is 2. The van der Waals surface area contributed by atoms with Gasteiger partial charge in [-0.15, -0.1) is 0 Å². The number of carboxylic acid groups (broad SMARTS) is 1. The highest BCUT2D eigenvalue weighted by molar-refractivity contribution is 5.95. The summed E-state index contributed by atoms with van der Waals surface area (Å²) >= 11 is 0. The van der Waals surface area contributed by atoms with E-state index in [0.29, 0.717) is 31.1 Å². The summed E-state index contributed by atoms with van der Waals surface area (Å²) in [6.07, 6.45) is 3.20. The van der Waals surface area contributed by atoms with Crippen LogP contribution < -0.4 is 4.74 Å². The van der Waals surface area contributed by atoms with E-state index in [1.54, 1.807) is 15.8 Å². The Morgan fingerprint density at radius 2 is 1.93 bits per heavy atom. The molecule has 1 saturated heterocycles. The zero-order chi connectivity index (χ0) is 20.1. The van der Waals surface area contributed by atoms with Gasteiger partial charge in [0.25, 0.3) is 5.91 Å². The van der Waals surface area contributed by atoms with Gasteiger partial charge in [0, 0.05) is 19.1 Å². The van der Waals surface area contributed by atoms with E-state index in [4.69, 9.17) is 9.84 Å². The number of hydrogen-bond donors (Lipinski definition) is 1. The van der Waals surface area contributed by atoms with Crippen molar-refractivity contribution < 1.29 is 19.4 Å². The van der Waals surface area contributed by atoms with Crippen molar-refractivity contribution in [3.8, 4) is 11.4 Å². The number of para-hydroxylation sites is 1. The molecule has 28 heavy (non-hydrogen) atoms. The summed E-state index contributed by atoms with van der Waals surface area (Å²) in [4.78, 5) is 27.8. The normalized spacial score (nSPS) is 15.0. The lowest BCUT2D eigenvalue weighted by Gasteiger charge is -2.37. The lowest BCUT2D eigenvalue weighted by atomic mass is 10.0. The smallest absolute Gasteiger partial charge is 0.317 e. The van der Waals surface area contributed by atoms with Crippen LogP contribution in [0.1, 0.15) is 30.3 Å². The van der Waals surface area contributed by atoms with Gasteiger partial charge in [0.1, 0.15) is 0 Å². The highest BCUT2D eigenvalue weighted by Crippen LogP contribution is 2.24. The SMILES string of the molecule is CCN(CC(=O)O)C1CCN(C(=O)c2nn(-c3ccccc3)cc2OC)CC1. The summed E-state index contributed by atoms with van der Waals surface area (Å²) in [5, 5.41) is 13.5. The van der Waals surface area contributed by atoms with Crippen LogP contribution in [-0.2, 0) is 4.79 Å². The Morgan fingerprint density at radius 1 is 1.25 bits per heavy atom. The average Bonchev–Trinajstić information content (AvgIpc) is 3.16. The lowest BCUT2D eigenvalue weighted by molar-refractivity contribution is -0.139. The Kier molecular flexibility index (Phi) is 6.30. The number of likely N-dealkylation sites (N-methyl/N-ethyl adjacent to an activating group) is 1. The quantitative estimate of drug-likeness (QED) is 0.782. The van der Waals surface area contributed by atoms with Gasteiger partial charge in [-0.05, 0) is 31.5 Å². The van der Waals surface area contributed by atoms with Crippen LogP contribution in [-0.4, -0.2) is 75.9 Å². The number of piperidine rings is 1. The van der Waals surface area contributed by atoms with E-state index < -0.39 is 5.97 Å². The Hall–Kier alpha value is -2.87. The third-order valence-corrected chi connectivity index (χ3v) is 5.14. The molecule has 2 heterocycles. The van der Waals surface area contributed by atoms with Crippen LogP contribution >= 0.6 is 0 Å². The Morgan fingerprint density at radius 3 is 2.50 bits per heavy atom. The molecule has 0 unspecified atom stereocenters. The lowest BCUT2D eigenvalue weighted by Crippen LogP contribution is -2.48. The Labute approximate surface area is 164 Å². The monoisotopic (exact) mass is 386 g/mol. The van der Waals surface area contributed by atoms with E-state index in [2.05, 4.69) is 5.10 Å². The highest BCUT2D eigenvalue weighted by atomic mass is 16.5. The second-order valence-corrected chi connectivity index (χ2v) is 6.81. The number of aromatic nitrogens is 2. The van der Waals surface area contributed by atoms with Gasteiger partial charge in [0.15, 0.2) is 11.4 Å². The van der Waals surface area contributed by atoms with Crippen LogP contribution in [0.25, 0.3) is 5.69 Å². The predicted molar refractivity (Wildman–Crippen MR) is 104 cm³/mol. The minimum atomic E-state index is -0.823. The molecule has 0 atom stereocenters. The summed E-state index contributed by atoms with van der Waals surface area (Å²) < 4.78 is 7.02. The maximum absolute atomic E-state index is 13.0. The minimum absolute atomic E-state index is 0.0322. The van der Waals surface area contributed by atoms with Gasteiger partial charge in [-0.2, -0.15) is 5.10 Å². The van der Waals surface area contributed by atoms with Crippen molar-refractivity contribution >= 4 is 11.9 Å². The number of carboxylic acids is 1. The van der Waals surface area contributed by atoms with Crippen molar-refractivity contribution in [3.05, 3.63) is 42.2 Å². The largest absolute Gasteiger partial charge is 0.493 e. The second kappa shape index (κ2) is 8.88. The van der Waals surface area contributed by atoms with Gasteiger partial charge >= 0.3 is 5.97 Å². The van der Waals surface area contributed by atoms with Crippen LogP contribution in [0.15, 0.2) is 36.5 Å². The Bertz CT molecular complexity index is 813. The van der Waals surface area contributed by atoms with Gasteiger partial charge < -0.3 is 14.7 Å². The van der Waals surface area contributed by atoms with Gasteiger partial charge in [-0.3, -0.25) is 14.5 Å². The molecule has 0 bridgehead atoms. The molecule has 8 nitrogen and oxygen atoms in total. The van der Waals surface area contributed by atoms with E-state index in [1.165, 1.54) is 7.11 Å². The molecule has 1 aliphatic heterocycles. The molecule has 0 saturated carbocycles. The Balaban J connectivity index is 1.70. The summed E-state index contributed by atoms with van der Waals surface area (Å²) in [6, 6.07) is 9.74. The van der Waals surface area contributed by atoms with E-state index in [-0.39, 0.29) is 18.5 Å². The molecule has 8 heteroatoms. The number of carbonyl (C=O) groups excluding carboxylic acids is 1. The number of ether oxygens (including phenoxy) is 1. The molecule has 1 amide bonds. The van der Waals surface area contributed by atoms with Crippen LogP contribution in [0.2, 0.25) is 0 Å². The van der Waals surface area contributed by atoms with Crippen LogP contribution in [0, 0.1) is 0 Å². The molecular weight excluding hydrogens is 360 g/mol. The van der Waals surface area contributed by atoms with Crippen LogP contribution in [0.3, 0.4) is 0 Å². The third-order valence-electron chi connectivity index (χ3n) is 5.14. The molecule has 1 aliphatic rings. The average molecular weight is 386 g/mol. The highest BCUT2D eigenvalue weighted by Gasteiger charge is 2.30. The van der Waals surface area contributed by atoms with Gasteiger partial charge in [-0.25, -0.2) is 4.68 Å². The molecule has 1 aromatic heterocycles. The third kappa shape index (κ3) is 4.33. The predicted octanol–water partition coefficient (Wildman–Crippen LogP) is 1.89. The van der Waals surface area contributed by atoms with Crippen molar-refractivity contribution in [1.29, 1.82) is 0 Å². The number of benzene rings is 1. The second-order valence-electron chi connectivity index (χ2n) is 6.81. The number of likely N-dealkylation sites (tertiary alicyclic amines) is 1. The summed E-state index contributed by atoms with van der Waals surface area (Å²) in [6.45, 7) is 3.81. The number of methoxy groups -OCH3 is 1. The first-order chi connectivity index (χ1) is 13.5. The molecule has 0 spiro atoms. The van der Waals surface area contributed by atoms with Gasteiger partial charge in [0.05, 0.1) is 25.5 Å². The van der Waals surface area contributed by atoms with Crippen molar-refractivity contribution in [2.75, 3.05) is 33.3 Å². The first kappa shape index (κ1) is 19.9. The fourth-order valence-corrected chi connectivity index (χ4v) is 3.63. The topological polar surface area (TPSA) is 87.9 Å². The summed E-state index contributed by atoms with van der Waals surface area (Å²) in [7, 11) is 1.53. The molecule has 0 aliphatic carbocycles. The first-order valence-electron chi connectivity index (χ1n) is 9.47. The van der Waals surface area contributed by atoms with E-state index >= 15 is 0 Å². The fourth-order valence-electron chi connectivity index (χ4n) is 3.63. The van der Waals surface area contributed by atoms with Crippen molar-refractivity contribution in [1.82, 2.24) is 19.6 Å².